The van der Waals surface area contributed by atoms with E-state index < -0.39 is 5.60 Å². The van der Waals surface area contributed by atoms with Crippen LogP contribution in [-0.2, 0) is 4.79 Å². The monoisotopic (exact) mass is 370 g/mol. The largest absolute Gasteiger partial charge is 0.389 e. The average molecular weight is 371 g/mol. The predicted octanol–water partition coefficient (Wildman–Crippen LogP) is 4.94. The lowest BCUT2D eigenvalue weighted by Crippen LogP contribution is -2.50. The van der Waals surface area contributed by atoms with Crippen molar-refractivity contribution in [3.8, 4) is 0 Å². The molecule has 1 aromatic rings. The number of hydrogen-bond acceptors (Lipinski definition) is 2. The maximum atomic E-state index is 12.9. The molecule has 1 heterocycles. The second-order valence-electron chi connectivity index (χ2n) is 8.86. The second kappa shape index (κ2) is 9.23. The van der Waals surface area contributed by atoms with Crippen LogP contribution in [0, 0.1) is 17.9 Å². The summed E-state index contributed by atoms with van der Waals surface area (Å²) in [6.07, 6.45) is 9.91. The van der Waals surface area contributed by atoms with Crippen molar-refractivity contribution in [2.75, 3.05) is 13.1 Å². The molecular formula is C24H36NO2. The molecule has 2 atom stereocenters. The summed E-state index contributed by atoms with van der Waals surface area (Å²) in [5, 5.41) is 11.3. The number of aliphatic hydroxyl groups is 1. The number of amides is 1. The lowest BCUT2D eigenvalue weighted by Gasteiger charge is -2.43. The molecule has 0 spiro atoms. The van der Waals surface area contributed by atoms with E-state index in [9.17, 15) is 9.90 Å². The second-order valence-corrected chi connectivity index (χ2v) is 8.86. The minimum atomic E-state index is -0.709. The van der Waals surface area contributed by atoms with Crippen LogP contribution in [0.4, 0.5) is 0 Å². The Hall–Kier alpha value is -1.35. The van der Waals surface area contributed by atoms with E-state index in [0.29, 0.717) is 31.8 Å². The van der Waals surface area contributed by atoms with Gasteiger partial charge in [-0.25, -0.2) is 0 Å². The Morgan fingerprint density at radius 1 is 1.22 bits per heavy atom. The van der Waals surface area contributed by atoms with Crippen LogP contribution in [0.15, 0.2) is 24.3 Å². The van der Waals surface area contributed by atoms with Crippen molar-refractivity contribution in [3.63, 3.8) is 0 Å². The lowest BCUT2D eigenvalue weighted by molar-refractivity contribution is -0.140. The van der Waals surface area contributed by atoms with Crippen LogP contribution in [0.2, 0.25) is 0 Å². The van der Waals surface area contributed by atoms with Crippen molar-refractivity contribution >= 4 is 5.91 Å². The molecule has 3 rings (SSSR count). The summed E-state index contributed by atoms with van der Waals surface area (Å²) in [4.78, 5) is 14.9. The summed E-state index contributed by atoms with van der Waals surface area (Å²) < 4.78 is 0. The maximum absolute atomic E-state index is 12.9. The molecule has 1 radical (unpaired) electrons. The summed E-state index contributed by atoms with van der Waals surface area (Å²) in [7, 11) is 0. The van der Waals surface area contributed by atoms with Gasteiger partial charge in [0.25, 0.3) is 0 Å². The number of likely N-dealkylation sites (tertiary alicyclic amines) is 1. The van der Waals surface area contributed by atoms with Crippen molar-refractivity contribution in [3.05, 3.63) is 35.9 Å². The molecule has 1 saturated heterocycles. The molecule has 2 aliphatic rings. The summed E-state index contributed by atoms with van der Waals surface area (Å²) in [5.41, 5.74) is 0.476. The van der Waals surface area contributed by atoms with E-state index in [1.807, 2.05) is 17.0 Å². The topological polar surface area (TPSA) is 40.5 Å². The minimum Gasteiger partial charge on any atom is -0.389 e. The standard InChI is InChI=1S/C24H36NO2/c1-3-22(21-12-8-5-9-13-21)24(27)14-16-25(17-15-24)23(26)19(2)18-20-10-6-4-7-11-20/h8-9,12-13,19-20,22,27H,3-4,6-7,10-11,14-18H2,1-2H3/t19-,22-/m1/s1. The molecule has 1 aromatic carbocycles. The van der Waals surface area contributed by atoms with Crippen LogP contribution in [0.25, 0.3) is 0 Å². The van der Waals surface area contributed by atoms with Crippen LogP contribution < -0.4 is 0 Å². The Balaban J connectivity index is 1.56. The Morgan fingerprint density at radius 2 is 1.85 bits per heavy atom. The van der Waals surface area contributed by atoms with Gasteiger partial charge >= 0.3 is 0 Å². The zero-order valence-corrected chi connectivity index (χ0v) is 17.1. The number of piperidine rings is 1. The van der Waals surface area contributed by atoms with E-state index >= 15 is 0 Å². The van der Waals surface area contributed by atoms with E-state index in [0.717, 1.165) is 18.8 Å². The molecule has 3 nitrogen and oxygen atoms in total. The Bertz CT molecular complexity index is 586. The molecular weight excluding hydrogens is 334 g/mol. The fourth-order valence-corrected chi connectivity index (χ4v) is 5.36. The number of benzene rings is 1. The molecule has 1 aliphatic heterocycles. The lowest BCUT2D eigenvalue weighted by atomic mass is 9.74. The third kappa shape index (κ3) is 4.93. The molecule has 149 valence electrons. The predicted molar refractivity (Wildman–Crippen MR) is 109 cm³/mol. The fourth-order valence-electron chi connectivity index (χ4n) is 5.36. The molecule has 2 fully saturated rings. The number of nitrogens with zero attached hydrogens (tertiary/aromatic N) is 1. The first-order valence-electron chi connectivity index (χ1n) is 11.0. The van der Waals surface area contributed by atoms with E-state index in [4.69, 9.17) is 0 Å². The summed E-state index contributed by atoms with van der Waals surface area (Å²) in [6.45, 7) is 5.61. The van der Waals surface area contributed by atoms with Crippen molar-refractivity contribution in [1.82, 2.24) is 4.90 Å². The first kappa shape index (κ1) is 20.4. The highest BCUT2D eigenvalue weighted by atomic mass is 16.3. The Kier molecular flexibility index (Phi) is 6.97. The highest BCUT2D eigenvalue weighted by Gasteiger charge is 2.41. The van der Waals surface area contributed by atoms with Crippen LogP contribution in [0.5, 0.6) is 0 Å². The van der Waals surface area contributed by atoms with E-state index in [2.05, 4.69) is 32.0 Å². The van der Waals surface area contributed by atoms with E-state index in [1.165, 1.54) is 37.7 Å². The molecule has 27 heavy (non-hydrogen) atoms. The smallest absolute Gasteiger partial charge is 0.225 e. The summed E-state index contributed by atoms with van der Waals surface area (Å²) >= 11 is 0. The van der Waals surface area contributed by atoms with Gasteiger partial charge < -0.3 is 10.0 Å². The zero-order valence-electron chi connectivity index (χ0n) is 17.1. The fraction of sp³-hybridized carbons (Fsp3) is 0.708. The number of rotatable bonds is 6. The van der Waals surface area contributed by atoms with Gasteiger partial charge in [-0.05, 0) is 43.2 Å². The Morgan fingerprint density at radius 3 is 2.44 bits per heavy atom. The zero-order chi connectivity index (χ0) is 19.3. The highest BCUT2D eigenvalue weighted by molar-refractivity contribution is 5.78. The van der Waals surface area contributed by atoms with Crippen LogP contribution in [0.1, 0.15) is 83.1 Å². The summed E-state index contributed by atoms with van der Waals surface area (Å²) in [6, 6.07) is 11.0. The molecule has 0 unspecified atom stereocenters. The molecule has 0 bridgehead atoms. The van der Waals surface area contributed by atoms with Crippen molar-refractivity contribution in [2.45, 2.75) is 83.2 Å². The van der Waals surface area contributed by atoms with Crippen LogP contribution >= 0.6 is 0 Å². The SMILES string of the molecule is CC[C@H](c1cc[c]cc1)C1(O)CCN(C(=O)[C@H](C)CC2CCCCC2)CC1. The van der Waals surface area contributed by atoms with Crippen molar-refractivity contribution in [2.24, 2.45) is 11.8 Å². The number of carbonyl (C=O) groups is 1. The maximum Gasteiger partial charge on any atom is 0.225 e. The average Bonchev–Trinajstić information content (AvgIpc) is 2.70. The third-order valence-electron chi connectivity index (χ3n) is 6.98. The van der Waals surface area contributed by atoms with Gasteiger partial charge in [0.15, 0.2) is 0 Å². The van der Waals surface area contributed by atoms with Gasteiger partial charge in [0.2, 0.25) is 5.91 Å². The normalized spacial score (nSPS) is 23.0. The van der Waals surface area contributed by atoms with Gasteiger partial charge in [0, 0.05) is 24.9 Å². The van der Waals surface area contributed by atoms with Crippen molar-refractivity contribution in [1.29, 1.82) is 0 Å². The van der Waals surface area contributed by atoms with Gasteiger partial charge in [0.1, 0.15) is 0 Å². The first-order valence-corrected chi connectivity index (χ1v) is 11.0. The molecule has 1 amide bonds. The first-order chi connectivity index (χ1) is 13.0. The van der Waals surface area contributed by atoms with Crippen molar-refractivity contribution < 1.29 is 9.90 Å². The quantitative estimate of drug-likeness (QED) is 0.770. The van der Waals surface area contributed by atoms with Gasteiger partial charge in [0.05, 0.1) is 5.60 Å². The Labute approximate surface area is 165 Å². The van der Waals surface area contributed by atoms with E-state index in [-0.39, 0.29) is 11.8 Å². The number of hydrogen-bond donors (Lipinski definition) is 1. The number of carbonyl (C=O) groups excluding carboxylic acids is 1. The van der Waals surface area contributed by atoms with Gasteiger partial charge in [-0.1, -0.05) is 70.2 Å². The van der Waals surface area contributed by atoms with Gasteiger partial charge in [-0.3, -0.25) is 4.79 Å². The van der Waals surface area contributed by atoms with Gasteiger partial charge in [-0.2, -0.15) is 0 Å². The minimum absolute atomic E-state index is 0.117. The highest BCUT2D eigenvalue weighted by Crippen LogP contribution is 2.39. The van der Waals surface area contributed by atoms with E-state index in [1.54, 1.807) is 0 Å². The third-order valence-corrected chi connectivity index (χ3v) is 6.98. The van der Waals surface area contributed by atoms with Crippen LogP contribution in [-0.4, -0.2) is 34.6 Å². The summed E-state index contributed by atoms with van der Waals surface area (Å²) in [5.74, 6) is 1.28. The molecule has 1 N–H and O–H groups in total. The molecule has 0 aromatic heterocycles. The molecule has 1 saturated carbocycles. The molecule has 1 aliphatic carbocycles. The van der Waals surface area contributed by atoms with Crippen LogP contribution in [0.3, 0.4) is 0 Å². The molecule has 3 heteroatoms. The van der Waals surface area contributed by atoms with Gasteiger partial charge in [-0.15, -0.1) is 0 Å².